The van der Waals surface area contributed by atoms with E-state index < -0.39 is 0 Å². The van der Waals surface area contributed by atoms with Crippen molar-refractivity contribution in [2.45, 2.75) is 18.9 Å². The lowest BCUT2D eigenvalue weighted by atomic mass is 10.0. The Morgan fingerprint density at radius 2 is 1.96 bits per heavy atom. The first-order valence-electron chi connectivity index (χ1n) is 9.12. The number of carbonyl (C=O) groups excluding carboxylic acids is 2. The van der Waals surface area contributed by atoms with Crippen molar-refractivity contribution in [1.29, 1.82) is 0 Å². The quantitative estimate of drug-likeness (QED) is 0.691. The van der Waals surface area contributed by atoms with Gasteiger partial charge in [0, 0.05) is 12.1 Å². The summed E-state index contributed by atoms with van der Waals surface area (Å²) in [7, 11) is 0. The first kappa shape index (κ1) is 17.9. The van der Waals surface area contributed by atoms with Crippen LogP contribution in [0.1, 0.15) is 29.3 Å². The van der Waals surface area contributed by atoms with E-state index in [0.717, 1.165) is 16.8 Å². The molecule has 1 aliphatic heterocycles. The van der Waals surface area contributed by atoms with Gasteiger partial charge in [-0.3, -0.25) is 9.59 Å². The summed E-state index contributed by atoms with van der Waals surface area (Å²) in [5.41, 5.74) is 2.74. The van der Waals surface area contributed by atoms with Crippen LogP contribution in [0.15, 0.2) is 71.3 Å². The van der Waals surface area contributed by atoms with Crippen molar-refractivity contribution in [2.75, 3.05) is 11.9 Å². The van der Waals surface area contributed by atoms with Gasteiger partial charge in [0.05, 0.1) is 6.26 Å². The van der Waals surface area contributed by atoms with Gasteiger partial charge in [-0.25, -0.2) is 0 Å². The lowest BCUT2D eigenvalue weighted by Gasteiger charge is -2.19. The van der Waals surface area contributed by atoms with Gasteiger partial charge in [0.1, 0.15) is 17.6 Å². The topological polar surface area (TPSA) is 80.6 Å². The summed E-state index contributed by atoms with van der Waals surface area (Å²) >= 11 is 0. The minimum absolute atomic E-state index is 0.0189. The number of furan rings is 1. The van der Waals surface area contributed by atoms with Gasteiger partial charge in [-0.05, 0) is 47.9 Å². The molecule has 2 N–H and O–H groups in total. The molecule has 1 atom stereocenters. The third kappa shape index (κ3) is 4.06. The maximum absolute atomic E-state index is 12.5. The molecular weight excluding hydrogens is 356 g/mol. The molecule has 0 radical (unpaired) electrons. The summed E-state index contributed by atoms with van der Waals surface area (Å²) in [5.74, 6) is 1.02. The molecule has 2 aromatic carbocycles. The van der Waals surface area contributed by atoms with Crippen molar-refractivity contribution in [3.05, 3.63) is 83.8 Å². The van der Waals surface area contributed by atoms with Crippen molar-refractivity contribution >= 4 is 17.5 Å². The van der Waals surface area contributed by atoms with Crippen LogP contribution in [0.4, 0.5) is 5.69 Å². The molecule has 2 heterocycles. The van der Waals surface area contributed by atoms with Gasteiger partial charge in [0.25, 0.3) is 5.91 Å². The van der Waals surface area contributed by atoms with Gasteiger partial charge in [0.2, 0.25) is 5.91 Å². The Hall–Kier alpha value is -3.54. The third-order valence-corrected chi connectivity index (χ3v) is 4.61. The second-order valence-electron chi connectivity index (χ2n) is 6.58. The normalized spacial score (nSPS) is 13.9. The highest BCUT2D eigenvalue weighted by atomic mass is 16.5. The Morgan fingerprint density at radius 1 is 1.11 bits per heavy atom. The van der Waals surface area contributed by atoms with Crippen LogP contribution in [0, 0.1) is 0 Å². The van der Waals surface area contributed by atoms with Gasteiger partial charge in [0.15, 0.2) is 6.61 Å². The van der Waals surface area contributed by atoms with Gasteiger partial charge in [-0.1, -0.05) is 30.3 Å². The zero-order valence-corrected chi connectivity index (χ0v) is 15.2. The molecule has 4 rings (SSSR count). The molecule has 0 bridgehead atoms. The van der Waals surface area contributed by atoms with Crippen LogP contribution in [0.5, 0.6) is 5.75 Å². The summed E-state index contributed by atoms with van der Waals surface area (Å²) < 4.78 is 11.2. The molecule has 0 saturated carbocycles. The highest BCUT2D eigenvalue weighted by Crippen LogP contribution is 2.27. The maximum Gasteiger partial charge on any atom is 0.258 e. The molecule has 3 aromatic rings. The fourth-order valence-electron chi connectivity index (χ4n) is 3.22. The second-order valence-corrected chi connectivity index (χ2v) is 6.58. The zero-order chi connectivity index (χ0) is 19.3. The van der Waals surface area contributed by atoms with Crippen LogP contribution in [0.2, 0.25) is 0 Å². The summed E-state index contributed by atoms with van der Waals surface area (Å²) in [4.78, 5) is 23.9. The molecule has 6 nitrogen and oxygen atoms in total. The van der Waals surface area contributed by atoms with Crippen molar-refractivity contribution < 1.29 is 18.7 Å². The van der Waals surface area contributed by atoms with Crippen molar-refractivity contribution in [2.24, 2.45) is 0 Å². The largest absolute Gasteiger partial charge is 0.484 e. The van der Waals surface area contributed by atoms with Gasteiger partial charge in [-0.2, -0.15) is 0 Å². The molecule has 28 heavy (non-hydrogen) atoms. The number of carbonyl (C=O) groups is 2. The number of ether oxygens (including phenoxy) is 1. The average Bonchev–Trinajstić information content (AvgIpc) is 3.25. The summed E-state index contributed by atoms with van der Waals surface area (Å²) in [6.07, 6.45) is 2.71. The first-order valence-corrected chi connectivity index (χ1v) is 9.12. The number of anilines is 1. The van der Waals surface area contributed by atoms with E-state index >= 15 is 0 Å². The van der Waals surface area contributed by atoms with E-state index in [1.54, 1.807) is 24.5 Å². The highest BCUT2D eigenvalue weighted by molar-refractivity contribution is 5.94. The van der Waals surface area contributed by atoms with E-state index in [4.69, 9.17) is 9.15 Å². The Labute approximate surface area is 162 Å². The predicted molar refractivity (Wildman–Crippen MR) is 104 cm³/mol. The van der Waals surface area contributed by atoms with E-state index in [1.165, 1.54) is 0 Å². The SMILES string of the molecule is O=C1CCc2cc(OCC(=O)NC(c3ccccc3)c3ccco3)ccc2N1. The van der Waals surface area contributed by atoms with Crippen LogP contribution in [-0.4, -0.2) is 18.4 Å². The lowest BCUT2D eigenvalue weighted by molar-refractivity contribution is -0.123. The number of nitrogens with one attached hydrogen (secondary N) is 2. The molecule has 6 heteroatoms. The predicted octanol–water partition coefficient (Wildman–Crippen LogP) is 3.45. The lowest BCUT2D eigenvalue weighted by Crippen LogP contribution is -2.33. The van der Waals surface area contributed by atoms with E-state index in [9.17, 15) is 9.59 Å². The fraction of sp³-hybridized carbons (Fsp3) is 0.182. The number of hydrogen-bond donors (Lipinski definition) is 2. The Bertz CT molecular complexity index is 967. The number of hydrogen-bond acceptors (Lipinski definition) is 4. The molecule has 0 aliphatic carbocycles. The molecule has 1 aromatic heterocycles. The Morgan fingerprint density at radius 3 is 2.75 bits per heavy atom. The van der Waals surface area contributed by atoms with Crippen molar-refractivity contribution in [3.63, 3.8) is 0 Å². The molecule has 0 fully saturated rings. The van der Waals surface area contributed by atoms with Gasteiger partial charge >= 0.3 is 0 Å². The van der Waals surface area contributed by atoms with Crippen LogP contribution in [-0.2, 0) is 16.0 Å². The number of rotatable bonds is 6. The van der Waals surface area contributed by atoms with Crippen LogP contribution >= 0.6 is 0 Å². The average molecular weight is 376 g/mol. The number of amides is 2. The Kier molecular flexibility index (Phi) is 5.10. The Balaban J connectivity index is 1.41. The van der Waals surface area contributed by atoms with Crippen LogP contribution in [0.25, 0.3) is 0 Å². The molecule has 0 spiro atoms. The number of aryl methyl sites for hydroxylation is 1. The van der Waals surface area contributed by atoms with Gasteiger partial charge in [-0.15, -0.1) is 0 Å². The molecule has 2 amide bonds. The summed E-state index contributed by atoms with van der Waals surface area (Å²) in [5, 5.41) is 5.79. The van der Waals surface area contributed by atoms with Gasteiger partial charge < -0.3 is 19.8 Å². The van der Waals surface area contributed by atoms with E-state index in [1.807, 2.05) is 42.5 Å². The van der Waals surface area contributed by atoms with Crippen LogP contribution < -0.4 is 15.4 Å². The van der Waals surface area contributed by atoms with Crippen LogP contribution in [0.3, 0.4) is 0 Å². The molecule has 1 unspecified atom stereocenters. The fourth-order valence-corrected chi connectivity index (χ4v) is 3.22. The van der Waals surface area contributed by atoms with Crippen molar-refractivity contribution in [3.8, 4) is 5.75 Å². The number of benzene rings is 2. The van der Waals surface area contributed by atoms with E-state index in [0.29, 0.717) is 24.4 Å². The minimum Gasteiger partial charge on any atom is -0.484 e. The van der Waals surface area contributed by atoms with Crippen molar-refractivity contribution in [1.82, 2.24) is 5.32 Å². The molecular formula is C22H20N2O4. The summed E-state index contributed by atoms with van der Waals surface area (Å²) in [6, 6.07) is 18.3. The smallest absolute Gasteiger partial charge is 0.258 e. The monoisotopic (exact) mass is 376 g/mol. The molecule has 0 saturated heterocycles. The third-order valence-electron chi connectivity index (χ3n) is 4.61. The maximum atomic E-state index is 12.5. The molecule has 1 aliphatic rings. The number of fused-ring (bicyclic) bond motifs is 1. The summed E-state index contributed by atoms with van der Waals surface area (Å²) in [6.45, 7) is -0.116. The highest BCUT2D eigenvalue weighted by Gasteiger charge is 2.20. The van der Waals surface area contributed by atoms with E-state index in [-0.39, 0.29) is 24.5 Å². The first-order chi connectivity index (χ1) is 13.7. The second kappa shape index (κ2) is 8.00. The standard InChI is InChI=1S/C22H20N2O4/c25-20-11-8-16-13-17(9-10-18(16)23-20)28-14-21(26)24-22(19-7-4-12-27-19)15-5-2-1-3-6-15/h1-7,9-10,12-13,22H,8,11,14H2,(H,23,25)(H,24,26). The van der Waals surface area contributed by atoms with E-state index in [2.05, 4.69) is 10.6 Å². The minimum atomic E-state index is -0.383. The molecule has 142 valence electrons. The zero-order valence-electron chi connectivity index (χ0n) is 15.2.